The van der Waals surface area contributed by atoms with Gasteiger partial charge in [0.2, 0.25) is 0 Å². The molecule has 1 unspecified atom stereocenters. The van der Waals surface area contributed by atoms with Crippen molar-refractivity contribution in [1.29, 1.82) is 0 Å². The molecule has 0 aromatic carbocycles. The van der Waals surface area contributed by atoms with Crippen LogP contribution in [0.4, 0.5) is 0 Å². The number of hydrogen-bond donors (Lipinski definition) is 1. The van der Waals surface area contributed by atoms with Crippen LogP contribution in [0.3, 0.4) is 0 Å². The predicted octanol–water partition coefficient (Wildman–Crippen LogP) is 2.96. The van der Waals surface area contributed by atoms with E-state index in [1.807, 2.05) is 17.9 Å². The Bertz CT molecular complexity index is 379. The minimum absolute atomic E-state index is 0.319. The van der Waals surface area contributed by atoms with E-state index in [0.717, 1.165) is 12.2 Å². The molecule has 0 radical (unpaired) electrons. The Labute approximate surface area is 104 Å². The van der Waals surface area contributed by atoms with E-state index in [2.05, 4.69) is 29.5 Å². The number of rotatable bonds is 4. The van der Waals surface area contributed by atoms with Gasteiger partial charge in [-0.15, -0.1) is 0 Å². The fourth-order valence-corrected chi connectivity index (χ4v) is 2.51. The first-order valence-corrected chi connectivity index (χ1v) is 6.71. The largest absolute Gasteiger partial charge is 0.340 e. The molecule has 3 nitrogen and oxygen atoms in total. The van der Waals surface area contributed by atoms with Crippen LogP contribution in [0, 0.1) is 0 Å². The van der Waals surface area contributed by atoms with Crippen molar-refractivity contribution < 1.29 is 0 Å². The van der Waals surface area contributed by atoms with Crippen LogP contribution in [0.5, 0.6) is 0 Å². The van der Waals surface area contributed by atoms with Gasteiger partial charge in [-0.1, -0.05) is 25.0 Å². The fraction of sp³-hybridized carbons (Fsp3) is 0.643. The Balaban J connectivity index is 2.18. The summed E-state index contributed by atoms with van der Waals surface area (Å²) in [6, 6.07) is 0.319. The summed E-state index contributed by atoms with van der Waals surface area (Å²) >= 11 is 0. The van der Waals surface area contributed by atoms with Gasteiger partial charge in [0.1, 0.15) is 0 Å². The van der Waals surface area contributed by atoms with E-state index in [4.69, 9.17) is 0 Å². The lowest BCUT2D eigenvalue weighted by atomic mass is 9.99. The molecule has 0 bridgehead atoms. The quantitative estimate of drug-likeness (QED) is 0.810. The highest BCUT2D eigenvalue weighted by Crippen LogP contribution is 2.28. The van der Waals surface area contributed by atoms with Crippen LogP contribution in [0.25, 0.3) is 0 Å². The van der Waals surface area contributed by atoms with Crippen molar-refractivity contribution >= 4 is 0 Å². The van der Waals surface area contributed by atoms with Gasteiger partial charge in [0.15, 0.2) is 0 Å². The molecule has 17 heavy (non-hydrogen) atoms. The molecule has 1 aliphatic carbocycles. The smallest absolute Gasteiger partial charge is 0.0947 e. The lowest BCUT2D eigenvalue weighted by Gasteiger charge is -2.19. The molecular weight excluding hydrogens is 210 g/mol. The maximum atomic E-state index is 4.50. The lowest BCUT2D eigenvalue weighted by Crippen LogP contribution is -2.23. The van der Waals surface area contributed by atoms with Gasteiger partial charge >= 0.3 is 0 Å². The van der Waals surface area contributed by atoms with Crippen molar-refractivity contribution in [3.05, 3.63) is 29.9 Å². The van der Waals surface area contributed by atoms with Crippen LogP contribution >= 0.6 is 0 Å². The van der Waals surface area contributed by atoms with Gasteiger partial charge in [0.25, 0.3) is 0 Å². The van der Waals surface area contributed by atoms with Gasteiger partial charge < -0.3 is 9.88 Å². The fourth-order valence-electron chi connectivity index (χ4n) is 2.51. The van der Waals surface area contributed by atoms with Crippen LogP contribution in [0.15, 0.2) is 24.2 Å². The number of allylic oxidation sites excluding steroid dienone is 1. The zero-order chi connectivity index (χ0) is 12.1. The summed E-state index contributed by atoms with van der Waals surface area (Å²) < 4.78 is 2.02. The molecule has 0 amide bonds. The van der Waals surface area contributed by atoms with Crippen molar-refractivity contribution in [2.24, 2.45) is 7.05 Å². The molecule has 3 heteroatoms. The Morgan fingerprint density at radius 1 is 1.41 bits per heavy atom. The highest BCUT2D eigenvalue weighted by atomic mass is 15.0. The first-order valence-electron chi connectivity index (χ1n) is 6.71. The normalized spacial score (nSPS) is 18.6. The number of hydrogen-bond acceptors (Lipinski definition) is 2. The minimum Gasteiger partial charge on any atom is -0.340 e. The number of imidazole rings is 1. The molecule has 0 fully saturated rings. The SMILES string of the molecule is CCNC(C1=CCCCCC1)c1cn(C)cn1. The lowest BCUT2D eigenvalue weighted by molar-refractivity contribution is 0.579. The summed E-state index contributed by atoms with van der Waals surface area (Å²) in [7, 11) is 2.03. The predicted molar refractivity (Wildman–Crippen MR) is 70.8 cm³/mol. The monoisotopic (exact) mass is 233 g/mol. The summed E-state index contributed by atoms with van der Waals surface area (Å²) in [5.74, 6) is 0. The van der Waals surface area contributed by atoms with Crippen LogP contribution in [-0.2, 0) is 7.05 Å². The molecule has 1 aromatic heterocycles. The second kappa shape index (κ2) is 6.01. The maximum Gasteiger partial charge on any atom is 0.0947 e. The number of nitrogens with zero attached hydrogens (tertiary/aromatic N) is 2. The molecule has 1 N–H and O–H groups in total. The van der Waals surface area contributed by atoms with Crippen LogP contribution < -0.4 is 5.32 Å². The third-order valence-corrected chi connectivity index (χ3v) is 3.38. The molecule has 94 valence electrons. The molecule has 0 saturated heterocycles. The number of likely N-dealkylation sites (N-methyl/N-ethyl adjacent to an activating group) is 1. The van der Waals surface area contributed by atoms with Crippen LogP contribution in [-0.4, -0.2) is 16.1 Å². The summed E-state index contributed by atoms with van der Waals surface area (Å²) in [5, 5.41) is 3.57. The highest BCUT2D eigenvalue weighted by molar-refractivity contribution is 5.21. The molecule has 0 spiro atoms. The van der Waals surface area contributed by atoms with E-state index < -0.39 is 0 Å². The third kappa shape index (κ3) is 3.19. The van der Waals surface area contributed by atoms with E-state index in [1.165, 1.54) is 37.7 Å². The van der Waals surface area contributed by atoms with Crippen molar-refractivity contribution in [1.82, 2.24) is 14.9 Å². The maximum absolute atomic E-state index is 4.50. The summed E-state index contributed by atoms with van der Waals surface area (Å²) in [6.07, 6.45) is 12.9. The van der Waals surface area contributed by atoms with E-state index >= 15 is 0 Å². The third-order valence-electron chi connectivity index (χ3n) is 3.38. The first-order chi connectivity index (χ1) is 8.31. The summed E-state index contributed by atoms with van der Waals surface area (Å²) in [6.45, 7) is 3.14. The Morgan fingerprint density at radius 3 is 3.00 bits per heavy atom. The number of nitrogens with one attached hydrogen (secondary N) is 1. The van der Waals surface area contributed by atoms with Gasteiger partial charge in [-0.2, -0.15) is 0 Å². The zero-order valence-electron chi connectivity index (χ0n) is 10.9. The molecule has 0 aliphatic heterocycles. The van der Waals surface area contributed by atoms with Crippen molar-refractivity contribution in [3.8, 4) is 0 Å². The molecule has 1 heterocycles. The van der Waals surface area contributed by atoms with Crippen LogP contribution in [0.1, 0.15) is 50.8 Å². The number of aryl methyl sites for hydroxylation is 1. The number of aromatic nitrogens is 2. The molecule has 1 aliphatic rings. The Kier molecular flexibility index (Phi) is 4.37. The van der Waals surface area contributed by atoms with Gasteiger partial charge in [-0.05, 0) is 32.2 Å². The zero-order valence-corrected chi connectivity index (χ0v) is 10.9. The van der Waals surface area contributed by atoms with E-state index in [-0.39, 0.29) is 0 Å². The van der Waals surface area contributed by atoms with Crippen LogP contribution in [0.2, 0.25) is 0 Å². The molecule has 0 saturated carbocycles. The Hall–Kier alpha value is -1.09. The van der Waals surface area contributed by atoms with Crippen molar-refractivity contribution in [2.45, 2.75) is 45.1 Å². The first kappa shape index (κ1) is 12.4. The highest BCUT2D eigenvalue weighted by Gasteiger charge is 2.18. The Morgan fingerprint density at radius 2 is 2.29 bits per heavy atom. The van der Waals surface area contributed by atoms with Crippen molar-refractivity contribution in [2.75, 3.05) is 6.54 Å². The minimum atomic E-state index is 0.319. The van der Waals surface area contributed by atoms with E-state index in [1.54, 1.807) is 0 Å². The topological polar surface area (TPSA) is 29.9 Å². The molecule has 2 rings (SSSR count). The molecule has 1 atom stereocenters. The van der Waals surface area contributed by atoms with Crippen molar-refractivity contribution in [3.63, 3.8) is 0 Å². The standard InChI is InChI=1S/C14H23N3/c1-3-15-14(13-10-17(2)11-16-13)12-8-6-4-5-7-9-12/h8,10-11,14-15H,3-7,9H2,1-2H3. The van der Waals surface area contributed by atoms with Gasteiger partial charge in [0, 0.05) is 13.2 Å². The second-order valence-corrected chi connectivity index (χ2v) is 4.83. The average Bonchev–Trinajstić information content (AvgIpc) is 2.60. The van der Waals surface area contributed by atoms with Gasteiger partial charge in [0.05, 0.1) is 18.1 Å². The van der Waals surface area contributed by atoms with E-state index in [9.17, 15) is 0 Å². The summed E-state index contributed by atoms with van der Waals surface area (Å²) in [5.41, 5.74) is 2.69. The molecular formula is C14H23N3. The van der Waals surface area contributed by atoms with Gasteiger partial charge in [-0.3, -0.25) is 0 Å². The van der Waals surface area contributed by atoms with E-state index in [0.29, 0.717) is 6.04 Å². The average molecular weight is 233 g/mol. The van der Waals surface area contributed by atoms with Gasteiger partial charge in [-0.25, -0.2) is 4.98 Å². The summed E-state index contributed by atoms with van der Waals surface area (Å²) in [4.78, 5) is 4.50. The molecule has 1 aromatic rings. The second-order valence-electron chi connectivity index (χ2n) is 4.83.